The molecule has 1 aromatic carbocycles. The lowest BCUT2D eigenvalue weighted by molar-refractivity contribution is -0.136. The number of carboxylic acids is 1. The lowest BCUT2D eigenvalue weighted by atomic mass is 10.1. The molecule has 0 unspecified atom stereocenters. The van der Waals surface area contributed by atoms with Crippen LogP contribution < -0.4 is 0 Å². The fourth-order valence-electron chi connectivity index (χ4n) is 1.02. The fourth-order valence-corrected chi connectivity index (χ4v) is 1.02. The zero-order valence-electron chi connectivity index (χ0n) is 7.86. The minimum Gasteiger partial charge on any atom is -0.481 e. The Labute approximate surface area is 83.6 Å². The lowest BCUT2D eigenvalue weighted by Gasteiger charge is -1.91. The molecular weight excluding hydrogens is 176 g/mol. The summed E-state index contributed by atoms with van der Waals surface area (Å²) in [5.74, 6) is 4.99. The van der Waals surface area contributed by atoms with E-state index in [2.05, 4.69) is 11.8 Å². The minimum atomic E-state index is -0.793. The Hall–Kier alpha value is -1.75. The first-order valence-corrected chi connectivity index (χ1v) is 4.50. The van der Waals surface area contributed by atoms with Gasteiger partial charge in [0.05, 0.1) is 6.42 Å². The maximum absolute atomic E-state index is 10.2. The molecule has 0 aliphatic carbocycles. The first-order chi connectivity index (χ1) is 6.79. The smallest absolute Gasteiger partial charge is 0.304 e. The average molecular weight is 188 g/mol. The molecule has 0 aromatic heterocycles. The maximum atomic E-state index is 10.2. The number of hydrogen-bond acceptors (Lipinski definition) is 1. The number of rotatable bonds is 3. The average Bonchev–Trinajstić information content (AvgIpc) is 2.18. The SMILES string of the molecule is O=C(O)CCC#CCc1ccccc1. The second-order valence-electron chi connectivity index (χ2n) is 2.91. The zero-order chi connectivity index (χ0) is 10.2. The second-order valence-corrected chi connectivity index (χ2v) is 2.91. The van der Waals surface area contributed by atoms with Gasteiger partial charge < -0.3 is 5.11 Å². The standard InChI is InChI=1S/C12H12O2/c13-12(14)10-6-2-5-9-11-7-3-1-4-8-11/h1,3-4,7-8H,6,9-10H2,(H,13,14). The van der Waals surface area contributed by atoms with E-state index in [0.29, 0.717) is 12.8 Å². The number of carboxylic acid groups (broad SMARTS) is 1. The van der Waals surface area contributed by atoms with Crippen molar-refractivity contribution in [1.29, 1.82) is 0 Å². The van der Waals surface area contributed by atoms with Crippen LogP contribution in [0.15, 0.2) is 30.3 Å². The van der Waals surface area contributed by atoms with Crippen LogP contribution in [0.25, 0.3) is 0 Å². The normalized spacial score (nSPS) is 8.86. The van der Waals surface area contributed by atoms with Crippen LogP contribution in [0.5, 0.6) is 0 Å². The first kappa shape index (κ1) is 10.3. The molecule has 14 heavy (non-hydrogen) atoms. The second kappa shape index (κ2) is 5.82. The van der Waals surface area contributed by atoms with Crippen molar-refractivity contribution in [2.75, 3.05) is 0 Å². The van der Waals surface area contributed by atoms with Gasteiger partial charge >= 0.3 is 5.97 Å². The van der Waals surface area contributed by atoms with Gasteiger partial charge in [0, 0.05) is 12.8 Å². The van der Waals surface area contributed by atoms with Crippen LogP contribution in [-0.4, -0.2) is 11.1 Å². The molecule has 0 heterocycles. The molecule has 1 rings (SSSR count). The van der Waals surface area contributed by atoms with Gasteiger partial charge in [0.25, 0.3) is 0 Å². The summed E-state index contributed by atoms with van der Waals surface area (Å²) in [5, 5.41) is 8.36. The van der Waals surface area contributed by atoms with Crippen molar-refractivity contribution in [3.8, 4) is 11.8 Å². The quantitative estimate of drug-likeness (QED) is 0.737. The maximum Gasteiger partial charge on any atom is 0.304 e. The molecule has 0 amide bonds. The number of aliphatic carboxylic acids is 1. The Morgan fingerprint density at radius 1 is 1.21 bits per heavy atom. The highest BCUT2D eigenvalue weighted by atomic mass is 16.4. The first-order valence-electron chi connectivity index (χ1n) is 4.50. The third kappa shape index (κ3) is 4.32. The summed E-state index contributed by atoms with van der Waals surface area (Å²) >= 11 is 0. The van der Waals surface area contributed by atoms with E-state index in [1.165, 1.54) is 0 Å². The van der Waals surface area contributed by atoms with Crippen LogP contribution in [0.3, 0.4) is 0 Å². The van der Waals surface area contributed by atoms with Crippen LogP contribution in [-0.2, 0) is 11.2 Å². The monoisotopic (exact) mass is 188 g/mol. The van der Waals surface area contributed by atoms with Crippen molar-refractivity contribution in [2.24, 2.45) is 0 Å². The third-order valence-electron chi connectivity index (χ3n) is 1.72. The summed E-state index contributed by atoms with van der Waals surface area (Å²) in [7, 11) is 0. The molecule has 0 atom stereocenters. The van der Waals surface area contributed by atoms with Gasteiger partial charge in [0.15, 0.2) is 0 Å². The topological polar surface area (TPSA) is 37.3 Å². The van der Waals surface area contributed by atoms with Crippen LogP contribution in [0.4, 0.5) is 0 Å². The highest BCUT2D eigenvalue weighted by molar-refractivity contribution is 5.67. The van der Waals surface area contributed by atoms with E-state index < -0.39 is 5.97 Å². The lowest BCUT2D eigenvalue weighted by Crippen LogP contribution is -1.91. The summed E-state index contributed by atoms with van der Waals surface area (Å²) < 4.78 is 0. The van der Waals surface area contributed by atoms with Gasteiger partial charge in [-0.1, -0.05) is 36.3 Å². The van der Waals surface area contributed by atoms with Gasteiger partial charge in [-0.2, -0.15) is 0 Å². The van der Waals surface area contributed by atoms with Crippen molar-refractivity contribution in [2.45, 2.75) is 19.3 Å². The molecule has 2 heteroatoms. The van der Waals surface area contributed by atoms with Gasteiger partial charge in [0.2, 0.25) is 0 Å². The molecule has 0 bridgehead atoms. The summed E-state index contributed by atoms with van der Waals surface area (Å²) in [5.41, 5.74) is 1.16. The molecule has 0 aliphatic rings. The van der Waals surface area contributed by atoms with Crippen LogP contribution in [0, 0.1) is 11.8 Å². The van der Waals surface area contributed by atoms with Crippen LogP contribution in [0.1, 0.15) is 18.4 Å². The summed E-state index contributed by atoms with van der Waals surface area (Å²) in [6.07, 6.45) is 1.25. The molecule has 0 saturated heterocycles. The van der Waals surface area contributed by atoms with Gasteiger partial charge in [-0.15, -0.1) is 5.92 Å². The Kier molecular flexibility index (Phi) is 4.30. The predicted molar refractivity (Wildman–Crippen MR) is 54.8 cm³/mol. The number of benzene rings is 1. The van der Waals surface area contributed by atoms with E-state index in [-0.39, 0.29) is 6.42 Å². The van der Waals surface area contributed by atoms with E-state index in [1.54, 1.807) is 0 Å². The molecule has 0 spiro atoms. The molecule has 0 fully saturated rings. The molecule has 0 aliphatic heterocycles. The Bertz CT molecular complexity index is 344. The Balaban J connectivity index is 2.30. The molecule has 1 aromatic rings. The molecule has 72 valence electrons. The highest BCUT2D eigenvalue weighted by Crippen LogP contribution is 1.98. The highest BCUT2D eigenvalue weighted by Gasteiger charge is 1.91. The van der Waals surface area contributed by atoms with Crippen molar-refractivity contribution in [3.05, 3.63) is 35.9 Å². The van der Waals surface area contributed by atoms with E-state index in [1.807, 2.05) is 30.3 Å². The van der Waals surface area contributed by atoms with E-state index in [0.717, 1.165) is 5.56 Å². The largest absolute Gasteiger partial charge is 0.481 e. The Morgan fingerprint density at radius 2 is 1.93 bits per heavy atom. The van der Waals surface area contributed by atoms with Gasteiger partial charge in [-0.3, -0.25) is 4.79 Å². The number of carbonyl (C=O) groups is 1. The zero-order valence-corrected chi connectivity index (χ0v) is 7.86. The third-order valence-corrected chi connectivity index (χ3v) is 1.72. The Morgan fingerprint density at radius 3 is 2.57 bits per heavy atom. The molecule has 1 N–H and O–H groups in total. The van der Waals surface area contributed by atoms with Gasteiger partial charge in [-0.05, 0) is 5.56 Å². The summed E-state index contributed by atoms with van der Waals surface area (Å²) in [4.78, 5) is 10.2. The molecule has 0 radical (unpaired) electrons. The summed E-state index contributed by atoms with van der Waals surface area (Å²) in [6.45, 7) is 0. The van der Waals surface area contributed by atoms with Crippen molar-refractivity contribution in [1.82, 2.24) is 0 Å². The van der Waals surface area contributed by atoms with E-state index >= 15 is 0 Å². The van der Waals surface area contributed by atoms with Crippen LogP contribution >= 0.6 is 0 Å². The van der Waals surface area contributed by atoms with Gasteiger partial charge in [-0.25, -0.2) is 0 Å². The van der Waals surface area contributed by atoms with Crippen molar-refractivity contribution in [3.63, 3.8) is 0 Å². The van der Waals surface area contributed by atoms with Crippen molar-refractivity contribution < 1.29 is 9.90 Å². The number of hydrogen-bond donors (Lipinski definition) is 1. The molecule has 0 saturated carbocycles. The minimum absolute atomic E-state index is 0.127. The fraction of sp³-hybridized carbons (Fsp3) is 0.250. The van der Waals surface area contributed by atoms with E-state index in [4.69, 9.17) is 5.11 Å². The van der Waals surface area contributed by atoms with E-state index in [9.17, 15) is 4.79 Å². The summed E-state index contributed by atoms with van der Waals surface area (Å²) in [6, 6.07) is 9.90. The molecule has 2 nitrogen and oxygen atoms in total. The van der Waals surface area contributed by atoms with Crippen LogP contribution in [0.2, 0.25) is 0 Å². The predicted octanol–water partition coefficient (Wildman–Crippen LogP) is 2.10. The molecular formula is C12H12O2. The van der Waals surface area contributed by atoms with Crippen molar-refractivity contribution >= 4 is 5.97 Å². The van der Waals surface area contributed by atoms with Gasteiger partial charge in [0.1, 0.15) is 0 Å².